The normalized spacial score (nSPS) is 10.4. The number of hydrogen-bond donors (Lipinski definition) is 0. The Morgan fingerprint density at radius 3 is 2.77 bits per heavy atom. The van der Waals surface area contributed by atoms with Gasteiger partial charge in [-0.25, -0.2) is 0 Å². The smallest absolute Gasteiger partial charge is 0.182 e. The molecule has 0 spiro atoms. The number of aryl methyl sites for hydroxylation is 1. The van der Waals surface area contributed by atoms with Gasteiger partial charge in [0.15, 0.2) is 7.98 Å². The van der Waals surface area contributed by atoms with E-state index in [0.29, 0.717) is 6.54 Å². The summed E-state index contributed by atoms with van der Waals surface area (Å²) in [6.45, 7) is 2.55. The van der Waals surface area contributed by atoms with Crippen LogP contribution >= 0.6 is 0 Å². The minimum absolute atomic E-state index is 0.592. The second-order valence-electron chi connectivity index (χ2n) is 3.24. The van der Waals surface area contributed by atoms with Crippen LogP contribution in [0.5, 0.6) is 0 Å². The molecule has 0 atom stereocenters. The van der Waals surface area contributed by atoms with E-state index in [2.05, 4.69) is 0 Å². The number of carbonyl (C=O) groups is 1. The summed E-state index contributed by atoms with van der Waals surface area (Å²) in [7, 11) is 7.28. The number of rotatable bonds is 3. The van der Waals surface area contributed by atoms with Crippen LogP contribution in [0.3, 0.4) is 0 Å². The summed E-state index contributed by atoms with van der Waals surface area (Å²) in [5.74, 6) is 0. The van der Waals surface area contributed by atoms with Crippen molar-refractivity contribution in [3.63, 3.8) is 0 Å². The van der Waals surface area contributed by atoms with E-state index in [-0.39, 0.29) is 0 Å². The molecule has 66 valence electrons. The highest BCUT2D eigenvalue weighted by Gasteiger charge is 2.02. The Morgan fingerprint density at radius 1 is 1.54 bits per heavy atom. The first-order valence-corrected chi connectivity index (χ1v) is 4.14. The van der Waals surface area contributed by atoms with E-state index in [9.17, 15) is 4.79 Å². The first-order valence-electron chi connectivity index (χ1n) is 4.14. The minimum atomic E-state index is 0.592. The SMILES string of the molecule is [B]N(C)Cc1ccc(C)cc1C=O. The van der Waals surface area contributed by atoms with Crippen LogP contribution in [0.4, 0.5) is 0 Å². The fraction of sp³-hybridized carbons (Fsp3) is 0.300. The summed E-state index contributed by atoms with van der Waals surface area (Å²) in [4.78, 5) is 12.3. The molecule has 2 radical (unpaired) electrons. The van der Waals surface area contributed by atoms with Crippen LogP contribution in [0.2, 0.25) is 0 Å². The van der Waals surface area contributed by atoms with Gasteiger partial charge in [-0.15, -0.1) is 0 Å². The monoisotopic (exact) mass is 173 g/mol. The highest BCUT2D eigenvalue weighted by atomic mass is 16.1. The van der Waals surface area contributed by atoms with Crippen molar-refractivity contribution >= 4 is 14.3 Å². The first-order chi connectivity index (χ1) is 6.13. The summed E-state index contributed by atoms with van der Waals surface area (Å²) in [5.41, 5.74) is 2.77. The van der Waals surface area contributed by atoms with Gasteiger partial charge in [0, 0.05) is 12.1 Å². The average Bonchev–Trinajstić information content (AvgIpc) is 2.07. The number of aldehydes is 1. The maximum Gasteiger partial charge on any atom is 0.182 e. The van der Waals surface area contributed by atoms with Gasteiger partial charge in [-0.1, -0.05) is 17.7 Å². The second kappa shape index (κ2) is 4.24. The van der Waals surface area contributed by atoms with E-state index >= 15 is 0 Å². The number of hydrogen-bond acceptors (Lipinski definition) is 2. The summed E-state index contributed by atoms with van der Waals surface area (Å²) >= 11 is 0. The molecule has 0 heterocycles. The van der Waals surface area contributed by atoms with Crippen molar-refractivity contribution in [2.75, 3.05) is 7.05 Å². The summed E-state index contributed by atoms with van der Waals surface area (Å²) < 4.78 is 0. The Kier molecular flexibility index (Phi) is 3.26. The van der Waals surface area contributed by atoms with Crippen molar-refractivity contribution < 1.29 is 4.79 Å². The van der Waals surface area contributed by atoms with Crippen molar-refractivity contribution in [2.45, 2.75) is 13.5 Å². The Hall–Kier alpha value is -1.09. The lowest BCUT2D eigenvalue weighted by Gasteiger charge is -2.12. The Labute approximate surface area is 80.0 Å². The van der Waals surface area contributed by atoms with Crippen LogP contribution in [0.15, 0.2) is 18.2 Å². The summed E-state index contributed by atoms with van der Waals surface area (Å²) in [6.07, 6.45) is 0.867. The molecule has 0 aromatic heterocycles. The van der Waals surface area contributed by atoms with Crippen LogP contribution in [0.1, 0.15) is 21.5 Å². The molecule has 1 rings (SSSR count). The quantitative estimate of drug-likeness (QED) is 0.507. The van der Waals surface area contributed by atoms with Gasteiger partial charge in [0.2, 0.25) is 0 Å². The lowest BCUT2D eigenvalue weighted by Crippen LogP contribution is -2.14. The van der Waals surface area contributed by atoms with Crippen LogP contribution in [0, 0.1) is 6.92 Å². The molecule has 3 heteroatoms. The molecule has 2 nitrogen and oxygen atoms in total. The topological polar surface area (TPSA) is 20.3 Å². The van der Waals surface area contributed by atoms with Crippen molar-refractivity contribution in [3.8, 4) is 0 Å². The largest absolute Gasteiger partial charge is 0.352 e. The van der Waals surface area contributed by atoms with Gasteiger partial charge in [0.05, 0.1) is 0 Å². The van der Waals surface area contributed by atoms with E-state index in [1.54, 1.807) is 11.9 Å². The average molecular weight is 173 g/mol. The van der Waals surface area contributed by atoms with Crippen molar-refractivity contribution in [1.82, 2.24) is 4.81 Å². The Bertz CT molecular complexity index is 310. The third-order valence-corrected chi connectivity index (χ3v) is 1.85. The van der Waals surface area contributed by atoms with Gasteiger partial charge in [-0.3, -0.25) is 4.79 Å². The van der Waals surface area contributed by atoms with Crippen LogP contribution in [-0.2, 0) is 6.54 Å². The zero-order valence-electron chi connectivity index (χ0n) is 7.95. The lowest BCUT2D eigenvalue weighted by atomic mass is 10.0. The van der Waals surface area contributed by atoms with Crippen molar-refractivity contribution in [1.29, 1.82) is 0 Å². The predicted molar refractivity (Wildman–Crippen MR) is 53.8 cm³/mol. The van der Waals surface area contributed by atoms with E-state index in [0.717, 1.165) is 23.0 Å². The van der Waals surface area contributed by atoms with Crippen LogP contribution in [-0.4, -0.2) is 26.1 Å². The fourth-order valence-corrected chi connectivity index (χ4v) is 1.24. The predicted octanol–water partition coefficient (Wildman–Crippen LogP) is 1.32. The highest BCUT2D eigenvalue weighted by molar-refractivity contribution is 6.04. The maximum absolute atomic E-state index is 10.7. The molecular weight excluding hydrogens is 161 g/mol. The molecule has 0 bridgehead atoms. The molecule has 0 saturated heterocycles. The highest BCUT2D eigenvalue weighted by Crippen LogP contribution is 2.10. The van der Waals surface area contributed by atoms with Gasteiger partial charge in [0.25, 0.3) is 0 Å². The van der Waals surface area contributed by atoms with Gasteiger partial charge in [-0.2, -0.15) is 0 Å². The molecule has 0 amide bonds. The van der Waals surface area contributed by atoms with Crippen LogP contribution < -0.4 is 0 Å². The standard InChI is InChI=1S/C10H12BNO/c1-8-3-4-9(6-12(2)11)10(5-8)7-13/h3-5,7H,6H2,1-2H3. The minimum Gasteiger partial charge on any atom is -0.352 e. The molecule has 0 aliphatic rings. The molecule has 0 N–H and O–H groups in total. The van der Waals surface area contributed by atoms with E-state index in [1.807, 2.05) is 25.1 Å². The van der Waals surface area contributed by atoms with Gasteiger partial charge < -0.3 is 4.81 Å². The third-order valence-electron chi connectivity index (χ3n) is 1.85. The van der Waals surface area contributed by atoms with Gasteiger partial charge >= 0.3 is 0 Å². The fourth-order valence-electron chi connectivity index (χ4n) is 1.24. The third kappa shape index (κ3) is 2.70. The molecule has 0 aliphatic carbocycles. The molecular formula is C10H12BNO. The first kappa shape index (κ1) is 10.00. The zero-order valence-corrected chi connectivity index (χ0v) is 7.95. The molecule has 0 saturated carbocycles. The molecule has 1 aromatic carbocycles. The molecule has 1 aromatic rings. The molecule has 0 fully saturated rings. The summed E-state index contributed by atoms with van der Waals surface area (Å²) in [5, 5.41) is 0. The molecule has 0 unspecified atom stereocenters. The lowest BCUT2D eigenvalue weighted by molar-refractivity contribution is 0.112. The van der Waals surface area contributed by atoms with E-state index in [1.165, 1.54) is 0 Å². The number of benzene rings is 1. The zero-order chi connectivity index (χ0) is 9.84. The number of carbonyl (C=O) groups excluding carboxylic acids is 1. The summed E-state index contributed by atoms with van der Waals surface area (Å²) in [6, 6.07) is 5.78. The number of nitrogens with zero attached hydrogens (tertiary/aromatic N) is 1. The second-order valence-corrected chi connectivity index (χ2v) is 3.24. The molecule has 13 heavy (non-hydrogen) atoms. The Balaban J connectivity index is 2.99. The van der Waals surface area contributed by atoms with Gasteiger partial charge in [0.1, 0.15) is 6.29 Å². The Morgan fingerprint density at radius 2 is 2.23 bits per heavy atom. The molecule has 0 aliphatic heterocycles. The van der Waals surface area contributed by atoms with Gasteiger partial charge in [-0.05, 0) is 25.6 Å². The van der Waals surface area contributed by atoms with E-state index in [4.69, 9.17) is 7.98 Å². The maximum atomic E-state index is 10.7. The van der Waals surface area contributed by atoms with E-state index < -0.39 is 0 Å². The van der Waals surface area contributed by atoms with Crippen molar-refractivity contribution in [2.24, 2.45) is 0 Å². The van der Waals surface area contributed by atoms with Crippen molar-refractivity contribution in [3.05, 3.63) is 34.9 Å². The van der Waals surface area contributed by atoms with Crippen LogP contribution in [0.25, 0.3) is 0 Å².